The minimum absolute atomic E-state index is 0.00239. The Bertz CT molecular complexity index is 1440. The van der Waals surface area contributed by atoms with E-state index in [-0.39, 0.29) is 34.7 Å². The fourth-order valence-corrected chi connectivity index (χ4v) is 4.06. The van der Waals surface area contributed by atoms with E-state index in [1.807, 2.05) is 18.0 Å². The first-order valence-corrected chi connectivity index (χ1v) is 11.8. The molecule has 0 spiro atoms. The van der Waals surface area contributed by atoms with Crippen molar-refractivity contribution in [2.24, 2.45) is 0 Å². The zero-order valence-electron chi connectivity index (χ0n) is 20.6. The predicted octanol–water partition coefficient (Wildman–Crippen LogP) is 3.95. The van der Waals surface area contributed by atoms with Crippen LogP contribution < -0.4 is 11.1 Å². The number of hydrogen-bond donors (Lipinski definition) is 2. The molecule has 1 aromatic heterocycles. The molecule has 0 atom stereocenters. The van der Waals surface area contributed by atoms with Crippen LogP contribution in [0.15, 0.2) is 54.7 Å². The molecular formula is C28H25F3N6O. The molecule has 38 heavy (non-hydrogen) atoms. The van der Waals surface area contributed by atoms with Gasteiger partial charge in [0.2, 0.25) is 0 Å². The Morgan fingerprint density at radius 1 is 1.08 bits per heavy atom. The SMILES string of the molecule is CN1CCN(Cc2ccc(NC(=O)c3cc(C#N)cc(C#Cc4cccnc4N)c3)cc2C(F)(F)F)CC1. The Kier molecular flexibility index (Phi) is 7.96. The number of piperazine rings is 1. The van der Waals surface area contributed by atoms with Gasteiger partial charge in [-0.1, -0.05) is 17.9 Å². The van der Waals surface area contributed by atoms with E-state index in [1.165, 1.54) is 36.5 Å². The van der Waals surface area contributed by atoms with Crippen molar-refractivity contribution >= 4 is 17.4 Å². The highest BCUT2D eigenvalue weighted by Crippen LogP contribution is 2.34. The Morgan fingerprint density at radius 3 is 2.50 bits per heavy atom. The summed E-state index contributed by atoms with van der Waals surface area (Å²) in [5.41, 5.74) is 6.28. The first kappa shape index (κ1) is 26.7. The average molecular weight is 519 g/mol. The summed E-state index contributed by atoms with van der Waals surface area (Å²) in [6, 6.07) is 13.5. The van der Waals surface area contributed by atoms with Crippen LogP contribution in [0.4, 0.5) is 24.7 Å². The van der Waals surface area contributed by atoms with E-state index in [4.69, 9.17) is 5.73 Å². The minimum Gasteiger partial charge on any atom is -0.383 e. The minimum atomic E-state index is -4.58. The summed E-state index contributed by atoms with van der Waals surface area (Å²) in [5, 5.41) is 11.9. The second kappa shape index (κ2) is 11.3. The summed E-state index contributed by atoms with van der Waals surface area (Å²) < 4.78 is 41.7. The highest BCUT2D eigenvalue weighted by molar-refractivity contribution is 6.04. The van der Waals surface area contributed by atoms with Crippen LogP contribution in [0.25, 0.3) is 0 Å². The topological polar surface area (TPSA) is 98.3 Å². The maximum atomic E-state index is 13.9. The van der Waals surface area contributed by atoms with Crippen molar-refractivity contribution in [1.29, 1.82) is 5.26 Å². The summed E-state index contributed by atoms with van der Waals surface area (Å²) in [6.45, 7) is 3.11. The van der Waals surface area contributed by atoms with Crippen LogP contribution >= 0.6 is 0 Å². The van der Waals surface area contributed by atoms with E-state index in [2.05, 4.69) is 27.0 Å². The van der Waals surface area contributed by atoms with Gasteiger partial charge in [-0.25, -0.2) is 4.98 Å². The number of carbonyl (C=O) groups excluding carboxylic acids is 1. The fraction of sp³-hybridized carbons (Fsp3) is 0.250. The van der Waals surface area contributed by atoms with Crippen molar-refractivity contribution in [2.45, 2.75) is 12.7 Å². The quantitative estimate of drug-likeness (QED) is 0.508. The zero-order chi connectivity index (χ0) is 27.3. The molecule has 0 aliphatic carbocycles. The van der Waals surface area contributed by atoms with Crippen LogP contribution in [-0.2, 0) is 12.7 Å². The standard InChI is InChI=1S/C28H25F3N6O/c1-36-9-11-37(12-10-36)18-22-6-7-24(16-25(22)28(29,30)31)35-27(38)23-14-19(13-20(15-23)17-32)4-5-21-3-2-8-34-26(21)33/h2-3,6-8,13-16H,9-12,18H2,1H3,(H2,33,34)(H,35,38). The Labute approximate surface area is 218 Å². The Hall–Kier alpha value is -4.38. The number of aromatic nitrogens is 1. The lowest BCUT2D eigenvalue weighted by Gasteiger charge is -2.33. The Morgan fingerprint density at radius 2 is 1.82 bits per heavy atom. The highest BCUT2D eigenvalue weighted by atomic mass is 19.4. The van der Waals surface area contributed by atoms with Gasteiger partial charge in [-0.3, -0.25) is 9.69 Å². The highest BCUT2D eigenvalue weighted by Gasteiger charge is 2.34. The number of halogens is 3. The van der Waals surface area contributed by atoms with Crippen molar-refractivity contribution < 1.29 is 18.0 Å². The molecule has 7 nitrogen and oxygen atoms in total. The lowest BCUT2D eigenvalue weighted by molar-refractivity contribution is -0.138. The van der Waals surface area contributed by atoms with Crippen LogP contribution in [0.1, 0.15) is 38.2 Å². The largest absolute Gasteiger partial charge is 0.416 e. The predicted molar refractivity (Wildman–Crippen MR) is 138 cm³/mol. The fourth-order valence-electron chi connectivity index (χ4n) is 4.06. The Balaban J connectivity index is 1.57. The molecule has 4 rings (SSSR count). The van der Waals surface area contributed by atoms with Gasteiger partial charge < -0.3 is 16.0 Å². The molecule has 1 amide bonds. The lowest BCUT2D eigenvalue weighted by atomic mass is 10.0. The molecule has 194 valence electrons. The molecule has 1 saturated heterocycles. The number of likely N-dealkylation sites (N-methyl/N-ethyl adjacent to an activating group) is 1. The van der Waals surface area contributed by atoms with E-state index in [9.17, 15) is 23.2 Å². The number of rotatable bonds is 4. The first-order valence-electron chi connectivity index (χ1n) is 11.8. The number of benzene rings is 2. The molecule has 1 aliphatic rings. The van der Waals surface area contributed by atoms with Gasteiger partial charge >= 0.3 is 6.18 Å². The van der Waals surface area contributed by atoms with Gasteiger partial charge in [0.25, 0.3) is 5.91 Å². The number of alkyl halides is 3. The average Bonchev–Trinajstić information content (AvgIpc) is 2.89. The summed E-state index contributed by atoms with van der Waals surface area (Å²) in [6.07, 6.45) is -3.05. The van der Waals surface area contributed by atoms with Crippen LogP contribution in [0.5, 0.6) is 0 Å². The van der Waals surface area contributed by atoms with Gasteiger partial charge in [0, 0.05) is 55.7 Å². The van der Waals surface area contributed by atoms with Crippen molar-refractivity contribution in [3.8, 4) is 17.9 Å². The number of hydrogen-bond acceptors (Lipinski definition) is 6. The smallest absolute Gasteiger partial charge is 0.383 e. The first-order chi connectivity index (χ1) is 18.1. The molecular weight excluding hydrogens is 493 g/mol. The number of amides is 1. The van der Waals surface area contributed by atoms with E-state index >= 15 is 0 Å². The van der Waals surface area contributed by atoms with E-state index in [0.717, 1.165) is 19.2 Å². The number of nitrogen functional groups attached to an aromatic ring is 1. The number of carbonyl (C=O) groups is 1. The van der Waals surface area contributed by atoms with E-state index in [0.29, 0.717) is 24.2 Å². The van der Waals surface area contributed by atoms with Gasteiger partial charge in [0.15, 0.2) is 0 Å². The molecule has 2 heterocycles. The van der Waals surface area contributed by atoms with Crippen LogP contribution in [0.3, 0.4) is 0 Å². The van der Waals surface area contributed by atoms with E-state index in [1.54, 1.807) is 12.1 Å². The summed E-state index contributed by atoms with van der Waals surface area (Å²) in [4.78, 5) is 21.0. The van der Waals surface area contributed by atoms with Crippen LogP contribution in [0, 0.1) is 23.2 Å². The van der Waals surface area contributed by atoms with Crippen molar-refractivity contribution in [3.05, 3.63) is 88.1 Å². The number of pyridine rings is 1. The molecule has 10 heteroatoms. The third-order valence-electron chi connectivity index (χ3n) is 6.17. The number of anilines is 2. The number of nitrogens with one attached hydrogen (secondary N) is 1. The van der Waals surface area contributed by atoms with Crippen molar-refractivity contribution in [1.82, 2.24) is 14.8 Å². The second-order valence-corrected chi connectivity index (χ2v) is 9.00. The summed E-state index contributed by atoms with van der Waals surface area (Å²) in [7, 11) is 1.98. The van der Waals surface area contributed by atoms with Gasteiger partial charge in [-0.05, 0) is 55.1 Å². The molecule has 3 aromatic rings. The third-order valence-corrected chi connectivity index (χ3v) is 6.17. The number of nitrogens with zero attached hydrogens (tertiary/aromatic N) is 4. The van der Waals surface area contributed by atoms with Gasteiger partial charge in [0.1, 0.15) is 5.82 Å². The molecule has 1 aliphatic heterocycles. The molecule has 0 radical (unpaired) electrons. The van der Waals surface area contributed by atoms with Crippen LogP contribution in [-0.4, -0.2) is 53.9 Å². The molecule has 0 unspecified atom stereocenters. The van der Waals surface area contributed by atoms with Crippen molar-refractivity contribution in [2.75, 3.05) is 44.3 Å². The van der Waals surface area contributed by atoms with E-state index < -0.39 is 17.6 Å². The third kappa shape index (κ3) is 6.68. The zero-order valence-corrected chi connectivity index (χ0v) is 20.6. The van der Waals surface area contributed by atoms with Gasteiger partial charge in [0.05, 0.1) is 22.8 Å². The molecule has 0 bridgehead atoms. The number of nitrogens with two attached hydrogens (primary N) is 1. The molecule has 2 aromatic carbocycles. The summed E-state index contributed by atoms with van der Waals surface area (Å²) in [5.74, 6) is 5.29. The van der Waals surface area contributed by atoms with Gasteiger partial charge in [-0.15, -0.1) is 0 Å². The normalized spacial score (nSPS) is 14.3. The number of nitriles is 1. The second-order valence-electron chi connectivity index (χ2n) is 9.00. The van der Waals surface area contributed by atoms with Crippen molar-refractivity contribution in [3.63, 3.8) is 0 Å². The van der Waals surface area contributed by atoms with Crippen LogP contribution in [0.2, 0.25) is 0 Å². The molecule has 1 fully saturated rings. The van der Waals surface area contributed by atoms with Gasteiger partial charge in [-0.2, -0.15) is 18.4 Å². The maximum Gasteiger partial charge on any atom is 0.416 e. The lowest BCUT2D eigenvalue weighted by Crippen LogP contribution is -2.44. The summed E-state index contributed by atoms with van der Waals surface area (Å²) >= 11 is 0. The molecule has 0 saturated carbocycles. The monoisotopic (exact) mass is 518 g/mol. The maximum absolute atomic E-state index is 13.9. The molecule has 3 N–H and O–H groups in total.